The van der Waals surface area contributed by atoms with Gasteiger partial charge in [-0.2, -0.15) is 0 Å². The summed E-state index contributed by atoms with van der Waals surface area (Å²) in [5.74, 6) is 0.443. The molecule has 116 valence electrons. The van der Waals surface area contributed by atoms with E-state index in [4.69, 9.17) is 4.74 Å². The molecule has 0 aromatic carbocycles. The molecule has 3 N–H and O–H groups in total. The Morgan fingerprint density at radius 2 is 1.95 bits per heavy atom. The van der Waals surface area contributed by atoms with Gasteiger partial charge in [-0.25, -0.2) is 9.78 Å². The number of carbonyl (C=O) groups is 2. The highest BCUT2D eigenvalue weighted by molar-refractivity contribution is 5.75. The summed E-state index contributed by atoms with van der Waals surface area (Å²) in [6, 6.07) is 5.25. The number of pyridine rings is 1. The number of rotatable bonds is 8. The average Bonchev–Trinajstić information content (AvgIpc) is 2.44. The predicted molar refractivity (Wildman–Crippen MR) is 80.0 cm³/mol. The van der Waals surface area contributed by atoms with Crippen molar-refractivity contribution < 1.29 is 14.3 Å². The Kier molecular flexibility index (Phi) is 7.63. The Morgan fingerprint density at radius 3 is 2.62 bits per heavy atom. The molecule has 1 aromatic heterocycles. The molecule has 1 heterocycles. The number of amides is 2. The van der Waals surface area contributed by atoms with Gasteiger partial charge in [0.1, 0.15) is 5.82 Å². The molecule has 0 bridgehead atoms. The molecule has 0 spiro atoms. The highest BCUT2D eigenvalue weighted by atomic mass is 16.5. The number of carbonyl (C=O) groups excluding carboxylic acids is 2. The van der Waals surface area contributed by atoms with Crippen LogP contribution in [0.4, 0.5) is 10.6 Å². The van der Waals surface area contributed by atoms with Crippen molar-refractivity contribution in [1.29, 1.82) is 0 Å². The lowest BCUT2D eigenvalue weighted by molar-refractivity contribution is -0.147. The zero-order valence-electron chi connectivity index (χ0n) is 12.4. The van der Waals surface area contributed by atoms with E-state index in [1.165, 1.54) is 0 Å². The molecule has 0 atom stereocenters. The number of hydrogen-bond acceptors (Lipinski definition) is 5. The largest absolute Gasteiger partial charge is 0.463 e. The maximum atomic E-state index is 11.4. The minimum Gasteiger partial charge on any atom is -0.463 e. The molecule has 2 amide bonds. The molecule has 0 unspecified atom stereocenters. The molecule has 0 saturated heterocycles. The van der Waals surface area contributed by atoms with E-state index in [0.29, 0.717) is 13.1 Å². The number of nitrogens with zero attached hydrogens (tertiary/aromatic N) is 1. The first kappa shape index (κ1) is 16.7. The molecular formula is C14H22N4O3. The second kappa shape index (κ2) is 9.57. The van der Waals surface area contributed by atoms with Gasteiger partial charge in [-0.3, -0.25) is 4.79 Å². The number of anilines is 1. The van der Waals surface area contributed by atoms with E-state index in [2.05, 4.69) is 20.9 Å². The van der Waals surface area contributed by atoms with Gasteiger partial charge in [-0.05, 0) is 26.0 Å². The zero-order valence-corrected chi connectivity index (χ0v) is 12.4. The van der Waals surface area contributed by atoms with E-state index in [1.807, 2.05) is 18.2 Å². The van der Waals surface area contributed by atoms with Crippen molar-refractivity contribution in [2.45, 2.75) is 26.4 Å². The Labute approximate surface area is 124 Å². The average molecular weight is 294 g/mol. The van der Waals surface area contributed by atoms with Crippen LogP contribution in [-0.2, 0) is 9.53 Å². The molecule has 0 aliphatic carbocycles. The summed E-state index contributed by atoms with van der Waals surface area (Å²) < 4.78 is 4.95. The lowest BCUT2D eigenvalue weighted by Crippen LogP contribution is -2.39. The maximum absolute atomic E-state index is 11.4. The van der Waals surface area contributed by atoms with E-state index >= 15 is 0 Å². The van der Waals surface area contributed by atoms with E-state index in [0.717, 1.165) is 5.82 Å². The van der Waals surface area contributed by atoms with Gasteiger partial charge in [0.2, 0.25) is 0 Å². The Bertz CT molecular complexity index is 437. The van der Waals surface area contributed by atoms with Crippen LogP contribution >= 0.6 is 0 Å². The number of hydrogen-bond donors (Lipinski definition) is 3. The summed E-state index contributed by atoms with van der Waals surface area (Å²) >= 11 is 0. The highest BCUT2D eigenvalue weighted by Gasteiger charge is 2.06. The van der Waals surface area contributed by atoms with Crippen molar-refractivity contribution >= 4 is 17.8 Å². The van der Waals surface area contributed by atoms with Crippen LogP contribution in [0.15, 0.2) is 24.4 Å². The van der Waals surface area contributed by atoms with Crippen LogP contribution in [-0.4, -0.2) is 42.7 Å². The summed E-state index contributed by atoms with van der Waals surface area (Å²) in [4.78, 5) is 26.8. The molecule has 0 saturated carbocycles. The van der Waals surface area contributed by atoms with Crippen LogP contribution in [0.5, 0.6) is 0 Å². The Morgan fingerprint density at radius 1 is 1.19 bits per heavy atom. The number of aromatic nitrogens is 1. The SMILES string of the molecule is CC(C)OC(=O)CCNC(=O)NCCNc1ccccn1. The number of ether oxygens (including phenoxy) is 1. The quantitative estimate of drug-likeness (QED) is 0.494. The number of urea groups is 1. The van der Waals surface area contributed by atoms with Crippen molar-refractivity contribution in [2.75, 3.05) is 25.0 Å². The third-order valence-electron chi connectivity index (χ3n) is 2.36. The van der Waals surface area contributed by atoms with Crippen molar-refractivity contribution in [3.05, 3.63) is 24.4 Å². The molecule has 0 radical (unpaired) electrons. The highest BCUT2D eigenvalue weighted by Crippen LogP contribution is 1.97. The topological polar surface area (TPSA) is 92.3 Å². The second-order valence-electron chi connectivity index (χ2n) is 4.61. The van der Waals surface area contributed by atoms with E-state index in [1.54, 1.807) is 20.0 Å². The van der Waals surface area contributed by atoms with Crippen LogP contribution < -0.4 is 16.0 Å². The summed E-state index contributed by atoms with van der Waals surface area (Å²) in [5, 5.41) is 8.33. The zero-order chi connectivity index (χ0) is 15.5. The third kappa shape index (κ3) is 8.46. The van der Waals surface area contributed by atoms with Crippen LogP contribution in [0, 0.1) is 0 Å². The first-order chi connectivity index (χ1) is 10.1. The van der Waals surface area contributed by atoms with Crippen LogP contribution in [0.2, 0.25) is 0 Å². The first-order valence-electron chi connectivity index (χ1n) is 6.94. The summed E-state index contributed by atoms with van der Waals surface area (Å²) in [5.41, 5.74) is 0. The van der Waals surface area contributed by atoms with E-state index in [-0.39, 0.29) is 31.1 Å². The first-order valence-corrected chi connectivity index (χ1v) is 6.94. The second-order valence-corrected chi connectivity index (χ2v) is 4.61. The predicted octanol–water partition coefficient (Wildman–Crippen LogP) is 1.13. The van der Waals surface area contributed by atoms with Crippen molar-refractivity contribution in [2.24, 2.45) is 0 Å². The lowest BCUT2D eigenvalue weighted by atomic mass is 10.4. The summed E-state index contributed by atoms with van der Waals surface area (Å²) in [6.07, 6.45) is 1.72. The number of nitrogens with one attached hydrogen (secondary N) is 3. The van der Waals surface area contributed by atoms with Gasteiger partial charge in [-0.15, -0.1) is 0 Å². The van der Waals surface area contributed by atoms with Crippen molar-refractivity contribution in [3.8, 4) is 0 Å². The molecular weight excluding hydrogens is 272 g/mol. The van der Waals surface area contributed by atoms with Gasteiger partial charge in [-0.1, -0.05) is 6.07 Å². The standard InChI is InChI=1S/C14H22N4O3/c1-11(2)21-13(19)6-8-17-14(20)18-10-9-16-12-5-3-4-7-15-12/h3-5,7,11H,6,8-10H2,1-2H3,(H,15,16)(H2,17,18,20). The van der Waals surface area contributed by atoms with Crippen LogP contribution in [0.25, 0.3) is 0 Å². The van der Waals surface area contributed by atoms with Crippen LogP contribution in [0.3, 0.4) is 0 Å². The van der Waals surface area contributed by atoms with Gasteiger partial charge >= 0.3 is 12.0 Å². The van der Waals surface area contributed by atoms with Crippen molar-refractivity contribution in [1.82, 2.24) is 15.6 Å². The van der Waals surface area contributed by atoms with Crippen LogP contribution in [0.1, 0.15) is 20.3 Å². The minimum atomic E-state index is -0.317. The molecule has 1 aromatic rings. The molecule has 0 fully saturated rings. The minimum absolute atomic E-state index is 0.135. The molecule has 7 nitrogen and oxygen atoms in total. The molecule has 7 heteroatoms. The summed E-state index contributed by atoms with van der Waals surface area (Å²) in [6.45, 7) is 4.85. The van der Waals surface area contributed by atoms with E-state index in [9.17, 15) is 9.59 Å². The third-order valence-corrected chi connectivity index (χ3v) is 2.36. The Balaban J connectivity index is 2.02. The molecule has 21 heavy (non-hydrogen) atoms. The van der Waals surface area contributed by atoms with E-state index < -0.39 is 0 Å². The number of esters is 1. The lowest BCUT2D eigenvalue weighted by Gasteiger charge is -2.10. The van der Waals surface area contributed by atoms with Gasteiger partial charge in [0, 0.05) is 25.8 Å². The van der Waals surface area contributed by atoms with Gasteiger partial charge in [0.15, 0.2) is 0 Å². The fourth-order valence-electron chi connectivity index (χ4n) is 1.50. The Hall–Kier alpha value is -2.31. The van der Waals surface area contributed by atoms with Gasteiger partial charge in [0.25, 0.3) is 0 Å². The fraction of sp³-hybridized carbons (Fsp3) is 0.500. The fourth-order valence-corrected chi connectivity index (χ4v) is 1.50. The maximum Gasteiger partial charge on any atom is 0.314 e. The molecule has 0 aliphatic heterocycles. The van der Waals surface area contributed by atoms with Gasteiger partial charge < -0.3 is 20.7 Å². The van der Waals surface area contributed by atoms with Crippen molar-refractivity contribution in [3.63, 3.8) is 0 Å². The normalized spacial score (nSPS) is 10.0. The molecule has 1 rings (SSSR count). The summed E-state index contributed by atoms with van der Waals surface area (Å²) in [7, 11) is 0. The van der Waals surface area contributed by atoms with Gasteiger partial charge in [0.05, 0.1) is 12.5 Å². The molecule has 0 aliphatic rings. The smallest absolute Gasteiger partial charge is 0.314 e. The monoisotopic (exact) mass is 294 g/mol.